The highest BCUT2D eigenvalue weighted by atomic mass is 28.1. The molecule has 0 spiro atoms. The van der Waals surface area contributed by atoms with Crippen molar-refractivity contribution in [3.8, 4) is 0 Å². The van der Waals surface area contributed by atoms with Gasteiger partial charge in [-0.15, -0.1) is 0 Å². The smallest absolute Gasteiger partial charge is 0.0610 e. The minimum atomic E-state index is 0.444. The van der Waals surface area contributed by atoms with Gasteiger partial charge in [-0.3, -0.25) is 4.90 Å². The molecule has 2 nitrogen and oxygen atoms in total. The van der Waals surface area contributed by atoms with E-state index in [2.05, 4.69) is 45.1 Å². The lowest BCUT2D eigenvalue weighted by atomic mass is 10.1. The molecule has 3 heteroatoms. The van der Waals surface area contributed by atoms with Crippen molar-refractivity contribution < 1.29 is 0 Å². The predicted octanol–water partition coefficient (Wildman–Crippen LogP) is 0.0475. The summed E-state index contributed by atoms with van der Waals surface area (Å²) < 4.78 is 0. The summed E-state index contributed by atoms with van der Waals surface area (Å²) in [7, 11) is 5.48. The summed E-state index contributed by atoms with van der Waals surface area (Å²) in [5.41, 5.74) is 0. The van der Waals surface area contributed by atoms with E-state index < -0.39 is 0 Å². The van der Waals surface area contributed by atoms with E-state index in [1.807, 2.05) is 0 Å². The number of nitrogens with zero attached hydrogens (tertiary/aromatic N) is 1. The van der Waals surface area contributed by atoms with Gasteiger partial charge in [-0.25, -0.2) is 0 Å². The maximum absolute atomic E-state index is 3.48. The zero-order valence-electron chi connectivity index (χ0n) is 8.73. The molecule has 0 rings (SSSR count). The number of hydrogen-bond donors (Lipinski definition) is 1. The van der Waals surface area contributed by atoms with Crippen LogP contribution in [0.2, 0.25) is 5.04 Å². The van der Waals surface area contributed by atoms with E-state index in [-0.39, 0.29) is 0 Å². The van der Waals surface area contributed by atoms with Crippen molar-refractivity contribution in [2.75, 3.05) is 20.6 Å². The Hall–Kier alpha value is 0.137. The van der Waals surface area contributed by atoms with Crippen LogP contribution in [0.1, 0.15) is 20.8 Å². The predicted molar refractivity (Wildman–Crippen MR) is 55.1 cm³/mol. The van der Waals surface area contributed by atoms with Crippen molar-refractivity contribution in [2.24, 2.45) is 0 Å². The van der Waals surface area contributed by atoms with Gasteiger partial charge >= 0.3 is 0 Å². The normalized spacial score (nSPS) is 15.8. The summed E-state index contributed by atoms with van der Waals surface area (Å²) in [5, 5.41) is 3.93. The standard InChI is InChI=1S/C8H22N2Si/c1-6-9-7(10(4)5)8(2,3)11/h7,9H,6H2,1-5,11H3. The molecule has 0 saturated carbocycles. The second-order valence-corrected chi connectivity index (χ2v) is 6.87. The van der Waals surface area contributed by atoms with Gasteiger partial charge < -0.3 is 5.32 Å². The molecule has 0 aromatic carbocycles. The number of rotatable bonds is 4. The first kappa shape index (κ1) is 11.1. The lowest BCUT2D eigenvalue weighted by Gasteiger charge is -2.36. The Labute approximate surface area is 73.8 Å². The summed E-state index contributed by atoms with van der Waals surface area (Å²) in [6.07, 6.45) is 0.527. The Morgan fingerprint density at radius 2 is 1.91 bits per heavy atom. The van der Waals surface area contributed by atoms with Gasteiger partial charge in [0, 0.05) is 10.2 Å². The molecule has 0 aliphatic carbocycles. The van der Waals surface area contributed by atoms with E-state index in [1.165, 1.54) is 10.2 Å². The molecule has 0 fully saturated rings. The topological polar surface area (TPSA) is 15.3 Å². The van der Waals surface area contributed by atoms with Gasteiger partial charge in [0.2, 0.25) is 0 Å². The van der Waals surface area contributed by atoms with Gasteiger partial charge in [-0.1, -0.05) is 20.8 Å². The van der Waals surface area contributed by atoms with Gasteiger partial charge in [-0.2, -0.15) is 0 Å². The van der Waals surface area contributed by atoms with Crippen LogP contribution < -0.4 is 5.32 Å². The van der Waals surface area contributed by atoms with Gasteiger partial charge in [0.1, 0.15) is 0 Å². The minimum Gasteiger partial charge on any atom is -0.302 e. The molecule has 1 atom stereocenters. The van der Waals surface area contributed by atoms with Crippen LogP contribution in [0.15, 0.2) is 0 Å². The second kappa shape index (κ2) is 4.23. The Morgan fingerprint density at radius 3 is 2.00 bits per heavy atom. The first-order valence-corrected chi connectivity index (χ1v) is 5.29. The van der Waals surface area contributed by atoms with Crippen LogP contribution in [0.25, 0.3) is 0 Å². The Kier molecular flexibility index (Phi) is 4.29. The van der Waals surface area contributed by atoms with Gasteiger partial charge in [0.25, 0.3) is 0 Å². The van der Waals surface area contributed by atoms with Crippen LogP contribution in [0, 0.1) is 0 Å². The first-order chi connectivity index (χ1) is 4.89. The molecule has 1 unspecified atom stereocenters. The molecule has 0 aliphatic rings. The zero-order chi connectivity index (χ0) is 9.07. The molecule has 11 heavy (non-hydrogen) atoms. The third kappa shape index (κ3) is 3.89. The highest BCUT2D eigenvalue weighted by Gasteiger charge is 2.24. The summed E-state index contributed by atoms with van der Waals surface area (Å²) in [5.74, 6) is 0. The summed E-state index contributed by atoms with van der Waals surface area (Å²) in [4.78, 5) is 2.26. The largest absolute Gasteiger partial charge is 0.302 e. The van der Waals surface area contributed by atoms with E-state index >= 15 is 0 Å². The van der Waals surface area contributed by atoms with Crippen LogP contribution in [-0.4, -0.2) is 41.9 Å². The third-order valence-corrected chi connectivity index (χ3v) is 2.28. The van der Waals surface area contributed by atoms with Crippen molar-refractivity contribution in [3.63, 3.8) is 0 Å². The van der Waals surface area contributed by atoms with E-state index in [0.29, 0.717) is 11.2 Å². The van der Waals surface area contributed by atoms with Crippen molar-refractivity contribution in [2.45, 2.75) is 32.0 Å². The fraction of sp³-hybridized carbons (Fsp3) is 1.00. The van der Waals surface area contributed by atoms with Gasteiger partial charge in [-0.05, 0) is 25.7 Å². The summed E-state index contributed by atoms with van der Waals surface area (Å²) >= 11 is 0. The molecular weight excluding hydrogens is 152 g/mol. The van der Waals surface area contributed by atoms with Crippen LogP contribution in [-0.2, 0) is 0 Å². The quantitative estimate of drug-likeness (QED) is 0.478. The van der Waals surface area contributed by atoms with E-state index in [1.54, 1.807) is 0 Å². The molecule has 0 aromatic heterocycles. The fourth-order valence-electron chi connectivity index (χ4n) is 1.46. The molecule has 0 saturated heterocycles. The third-order valence-electron chi connectivity index (χ3n) is 1.73. The Bertz CT molecular complexity index is 107. The Balaban J connectivity index is 4.10. The number of hydrogen-bond acceptors (Lipinski definition) is 2. The highest BCUT2D eigenvalue weighted by Crippen LogP contribution is 2.24. The molecule has 0 bridgehead atoms. The molecule has 0 aromatic rings. The van der Waals surface area contributed by atoms with Crippen LogP contribution in [0.3, 0.4) is 0 Å². The maximum atomic E-state index is 3.48. The monoisotopic (exact) mass is 174 g/mol. The zero-order valence-corrected chi connectivity index (χ0v) is 10.7. The molecule has 0 amide bonds. The van der Waals surface area contributed by atoms with Crippen molar-refractivity contribution in [1.29, 1.82) is 0 Å². The second-order valence-electron chi connectivity index (χ2n) is 4.29. The van der Waals surface area contributed by atoms with Crippen molar-refractivity contribution in [1.82, 2.24) is 10.2 Å². The molecule has 1 N–H and O–H groups in total. The van der Waals surface area contributed by atoms with Gasteiger partial charge in [0.05, 0.1) is 6.17 Å². The first-order valence-electron chi connectivity index (χ1n) is 4.29. The van der Waals surface area contributed by atoms with E-state index in [4.69, 9.17) is 0 Å². The number of nitrogens with one attached hydrogen (secondary N) is 1. The van der Waals surface area contributed by atoms with Crippen molar-refractivity contribution in [3.05, 3.63) is 0 Å². The summed E-state index contributed by atoms with van der Waals surface area (Å²) in [6, 6.07) is 0. The fourth-order valence-corrected chi connectivity index (χ4v) is 2.18. The van der Waals surface area contributed by atoms with Gasteiger partial charge in [0.15, 0.2) is 0 Å². The average Bonchev–Trinajstić information content (AvgIpc) is 1.79. The molecule has 0 heterocycles. The molecule has 0 radical (unpaired) electrons. The lowest BCUT2D eigenvalue weighted by Crippen LogP contribution is -2.48. The molecule has 68 valence electrons. The highest BCUT2D eigenvalue weighted by molar-refractivity contribution is 6.15. The SMILES string of the molecule is CCNC(N(C)C)C(C)(C)[SiH3]. The van der Waals surface area contributed by atoms with Crippen LogP contribution >= 0.6 is 0 Å². The van der Waals surface area contributed by atoms with Crippen LogP contribution in [0.5, 0.6) is 0 Å². The average molecular weight is 174 g/mol. The summed E-state index contributed by atoms with van der Waals surface area (Å²) in [6.45, 7) is 7.83. The lowest BCUT2D eigenvalue weighted by molar-refractivity contribution is 0.202. The Morgan fingerprint density at radius 1 is 1.45 bits per heavy atom. The van der Waals surface area contributed by atoms with Crippen molar-refractivity contribution >= 4 is 10.2 Å². The van der Waals surface area contributed by atoms with E-state index in [9.17, 15) is 0 Å². The van der Waals surface area contributed by atoms with Crippen LogP contribution in [0.4, 0.5) is 0 Å². The molecular formula is C8H22N2Si. The maximum Gasteiger partial charge on any atom is 0.0610 e. The van der Waals surface area contributed by atoms with E-state index in [0.717, 1.165) is 6.54 Å². The minimum absolute atomic E-state index is 0.444. The molecule has 0 aliphatic heterocycles.